The van der Waals surface area contributed by atoms with E-state index in [1.807, 2.05) is 19.1 Å². The van der Waals surface area contributed by atoms with Gasteiger partial charge in [-0.2, -0.15) is 0 Å². The summed E-state index contributed by atoms with van der Waals surface area (Å²) in [4.78, 5) is 24.6. The Hall–Kier alpha value is -3.15. The van der Waals surface area contributed by atoms with E-state index in [9.17, 15) is 9.59 Å². The number of carbonyl (C=O) groups excluding carboxylic acids is 2. The highest BCUT2D eigenvalue weighted by Crippen LogP contribution is 2.06. The summed E-state index contributed by atoms with van der Waals surface area (Å²) in [6, 6.07) is 16.8. The summed E-state index contributed by atoms with van der Waals surface area (Å²) >= 11 is 0. The van der Waals surface area contributed by atoms with E-state index < -0.39 is 12.0 Å². The topological polar surface area (TPSA) is 88.0 Å². The van der Waals surface area contributed by atoms with Crippen molar-refractivity contribution in [3.63, 3.8) is 0 Å². The normalized spacial score (nSPS) is 12.3. The van der Waals surface area contributed by atoms with Gasteiger partial charge in [0.05, 0.1) is 0 Å². The number of ether oxygens (including phenoxy) is 1. The Balaban J connectivity index is 1.98. The molecule has 2 aromatic rings. The Kier molecular flexibility index (Phi) is 7.36. The second-order valence-corrected chi connectivity index (χ2v) is 5.70. The van der Waals surface area contributed by atoms with Gasteiger partial charge in [-0.1, -0.05) is 67.0 Å². The van der Waals surface area contributed by atoms with Crippen LogP contribution in [0.15, 0.2) is 65.8 Å². The van der Waals surface area contributed by atoms with Crippen LogP contribution >= 0.6 is 0 Å². The summed E-state index contributed by atoms with van der Waals surface area (Å²) in [7, 11) is 0. The number of amides is 1. The van der Waals surface area contributed by atoms with Crippen LogP contribution in [-0.2, 0) is 9.53 Å². The quantitative estimate of drug-likeness (QED) is 0.330. The van der Waals surface area contributed by atoms with Crippen molar-refractivity contribution in [2.45, 2.75) is 25.8 Å². The summed E-state index contributed by atoms with van der Waals surface area (Å²) in [6.45, 7) is 1.74. The molecule has 1 unspecified atom stereocenters. The Morgan fingerprint density at radius 3 is 2.15 bits per heavy atom. The van der Waals surface area contributed by atoms with Crippen LogP contribution < -0.4 is 5.32 Å². The van der Waals surface area contributed by atoms with Crippen molar-refractivity contribution in [2.24, 2.45) is 5.16 Å². The molecule has 1 amide bonds. The number of esters is 1. The van der Waals surface area contributed by atoms with Gasteiger partial charge in [0.2, 0.25) is 0 Å². The second kappa shape index (κ2) is 9.98. The number of rotatable bonds is 8. The minimum Gasteiger partial charge on any atom is -0.457 e. The van der Waals surface area contributed by atoms with Gasteiger partial charge < -0.3 is 15.3 Å². The molecular formula is C20H22N2O4. The van der Waals surface area contributed by atoms with Gasteiger partial charge in [0.25, 0.3) is 5.91 Å². The van der Waals surface area contributed by atoms with Crippen molar-refractivity contribution >= 4 is 17.6 Å². The maximum atomic E-state index is 12.4. The largest absolute Gasteiger partial charge is 0.457 e. The third-order valence-corrected chi connectivity index (χ3v) is 3.78. The zero-order valence-corrected chi connectivity index (χ0v) is 14.6. The Morgan fingerprint density at radius 1 is 1.04 bits per heavy atom. The molecule has 6 heteroatoms. The molecule has 0 heterocycles. The molecule has 1 atom stereocenters. The smallest absolute Gasteiger partial charge is 0.329 e. The molecule has 6 nitrogen and oxygen atoms in total. The van der Waals surface area contributed by atoms with Crippen LogP contribution in [0.3, 0.4) is 0 Å². The molecule has 0 bridgehead atoms. The molecule has 0 aromatic heterocycles. The van der Waals surface area contributed by atoms with Crippen molar-refractivity contribution in [3.05, 3.63) is 71.8 Å². The number of benzene rings is 2. The van der Waals surface area contributed by atoms with Crippen LogP contribution in [0.25, 0.3) is 0 Å². The molecule has 2 aromatic carbocycles. The molecule has 2 rings (SSSR count). The monoisotopic (exact) mass is 354 g/mol. The summed E-state index contributed by atoms with van der Waals surface area (Å²) in [5, 5.41) is 15.1. The Labute approximate surface area is 152 Å². The van der Waals surface area contributed by atoms with E-state index in [4.69, 9.17) is 9.94 Å². The van der Waals surface area contributed by atoms with E-state index in [1.165, 1.54) is 0 Å². The summed E-state index contributed by atoms with van der Waals surface area (Å²) in [5.74, 6) is -0.895. The van der Waals surface area contributed by atoms with Gasteiger partial charge in [0.15, 0.2) is 0 Å². The third-order valence-electron chi connectivity index (χ3n) is 3.78. The molecule has 26 heavy (non-hydrogen) atoms. The van der Waals surface area contributed by atoms with Crippen LogP contribution in [0.1, 0.15) is 35.7 Å². The van der Waals surface area contributed by atoms with E-state index in [0.717, 1.165) is 0 Å². The first kappa shape index (κ1) is 19.2. The van der Waals surface area contributed by atoms with Crippen LogP contribution in [0.5, 0.6) is 0 Å². The molecule has 0 spiro atoms. The molecular weight excluding hydrogens is 332 g/mol. The number of hydrogen-bond acceptors (Lipinski definition) is 5. The first-order chi connectivity index (χ1) is 12.7. The fourth-order valence-corrected chi connectivity index (χ4v) is 2.41. The zero-order valence-electron chi connectivity index (χ0n) is 14.6. The molecule has 0 aliphatic rings. The third kappa shape index (κ3) is 5.44. The molecule has 136 valence electrons. The van der Waals surface area contributed by atoms with Gasteiger partial charge in [-0.15, -0.1) is 0 Å². The summed E-state index contributed by atoms with van der Waals surface area (Å²) in [6.07, 6.45) is 1.16. The van der Waals surface area contributed by atoms with E-state index in [-0.39, 0.29) is 18.2 Å². The summed E-state index contributed by atoms with van der Waals surface area (Å²) in [5.41, 5.74) is 1.37. The summed E-state index contributed by atoms with van der Waals surface area (Å²) < 4.78 is 5.26. The van der Waals surface area contributed by atoms with E-state index in [2.05, 4.69) is 10.5 Å². The van der Waals surface area contributed by atoms with Gasteiger partial charge in [0, 0.05) is 11.1 Å². The van der Waals surface area contributed by atoms with E-state index in [0.29, 0.717) is 24.0 Å². The van der Waals surface area contributed by atoms with Crippen molar-refractivity contribution in [2.75, 3.05) is 6.61 Å². The maximum Gasteiger partial charge on any atom is 0.329 e. The van der Waals surface area contributed by atoms with Crippen molar-refractivity contribution < 1.29 is 19.5 Å². The van der Waals surface area contributed by atoms with Crippen LogP contribution in [0.4, 0.5) is 0 Å². The van der Waals surface area contributed by atoms with Crippen molar-refractivity contribution in [1.29, 1.82) is 0 Å². The predicted octanol–water partition coefficient (Wildman–Crippen LogP) is 3.01. The van der Waals surface area contributed by atoms with Gasteiger partial charge >= 0.3 is 5.97 Å². The predicted molar refractivity (Wildman–Crippen MR) is 98.3 cm³/mol. The van der Waals surface area contributed by atoms with Crippen LogP contribution in [-0.4, -0.2) is 35.4 Å². The first-order valence-electron chi connectivity index (χ1n) is 8.44. The van der Waals surface area contributed by atoms with Gasteiger partial charge in [-0.3, -0.25) is 4.79 Å². The minimum absolute atomic E-state index is 0.180. The van der Waals surface area contributed by atoms with Gasteiger partial charge in [-0.05, 0) is 18.6 Å². The number of nitrogens with zero attached hydrogens (tertiary/aromatic N) is 1. The second-order valence-electron chi connectivity index (χ2n) is 5.70. The molecule has 0 aliphatic carbocycles. The Morgan fingerprint density at radius 2 is 1.62 bits per heavy atom. The van der Waals surface area contributed by atoms with Crippen LogP contribution in [0, 0.1) is 0 Å². The molecule has 0 fully saturated rings. The standard InChI is InChI=1S/C20H22N2O4/c1-2-9-17(21-19(23)16-12-7-4-8-13-16)20(24)26-14-18(22-25)15-10-5-3-6-11-15/h3-8,10-13,17,25H,2,9,14H2,1H3,(H,21,23)/b22-18-. The number of nitrogens with one attached hydrogen (secondary N) is 1. The lowest BCUT2D eigenvalue weighted by molar-refractivity contribution is -0.144. The lowest BCUT2D eigenvalue weighted by Gasteiger charge is -2.17. The Bertz CT molecular complexity index is 745. The number of hydrogen-bond donors (Lipinski definition) is 2. The van der Waals surface area contributed by atoms with E-state index >= 15 is 0 Å². The molecule has 0 radical (unpaired) electrons. The maximum absolute atomic E-state index is 12.4. The highest BCUT2D eigenvalue weighted by molar-refractivity contribution is 6.02. The SMILES string of the molecule is CCCC(NC(=O)c1ccccc1)C(=O)OC/C(=N/O)c1ccccc1. The number of carbonyl (C=O) groups is 2. The fourth-order valence-electron chi connectivity index (χ4n) is 2.41. The van der Waals surface area contributed by atoms with Crippen molar-refractivity contribution in [3.8, 4) is 0 Å². The van der Waals surface area contributed by atoms with Gasteiger partial charge in [-0.25, -0.2) is 4.79 Å². The molecule has 2 N–H and O–H groups in total. The first-order valence-corrected chi connectivity index (χ1v) is 8.44. The molecule has 0 saturated heterocycles. The minimum atomic E-state index is -0.761. The highest BCUT2D eigenvalue weighted by atomic mass is 16.5. The lowest BCUT2D eigenvalue weighted by atomic mass is 10.1. The zero-order chi connectivity index (χ0) is 18.8. The van der Waals surface area contributed by atoms with E-state index in [1.54, 1.807) is 48.5 Å². The highest BCUT2D eigenvalue weighted by Gasteiger charge is 2.22. The number of oxime groups is 1. The average molecular weight is 354 g/mol. The fraction of sp³-hybridized carbons (Fsp3) is 0.250. The molecule has 0 saturated carbocycles. The van der Waals surface area contributed by atoms with Crippen molar-refractivity contribution in [1.82, 2.24) is 5.32 Å². The van der Waals surface area contributed by atoms with Gasteiger partial charge in [0.1, 0.15) is 18.4 Å². The van der Waals surface area contributed by atoms with Crippen LogP contribution in [0.2, 0.25) is 0 Å². The lowest BCUT2D eigenvalue weighted by Crippen LogP contribution is -2.42. The molecule has 0 aliphatic heterocycles. The average Bonchev–Trinajstić information content (AvgIpc) is 2.69.